The highest BCUT2D eigenvalue weighted by atomic mass is 35.5. The van der Waals surface area contributed by atoms with Gasteiger partial charge in [0.1, 0.15) is 17.3 Å². The fourth-order valence-corrected chi connectivity index (χ4v) is 1.86. The zero-order valence-corrected chi connectivity index (χ0v) is 9.35. The summed E-state index contributed by atoms with van der Waals surface area (Å²) in [4.78, 5) is 11.2. The smallest absolute Gasteiger partial charge is 0.339 e. The van der Waals surface area contributed by atoms with Crippen molar-refractivity contribution in [2.45, 2.75) is 0 Å². The first-order chi connectivity index (χ1) is 8.15. The Labute approximate surface area is 102 Å². The van der Waals surface area contributed by atoms with Gasteiger partial charge in [-0.25, -0.2) is 4.79 Å². The zero-order chi connectivity index (χ0) is 12.4. The summed E-state index contributed by atoms with van der Waals surface area (Å²) in [6.45, 7) is 0. The molecule has 0 atom stereocenters. The number of aromatic carboxylic acids is 1. The Kier molecular flexibility index (Phi) is 2.86. The maximum Gasteiger partial charge on any atom is 0.339 e. The number of nitrogens with zero attached hydrogens (tertiary/aromatic N) is 2. The second-order valence-electron chi connectivity index (χ2n) is 3.31. The molecule has 1 heterocycles. The lowest BCUT2D eigenvalue weighted by molar-refractivity contribution is 0.0697. The van der Waals surface area contributed by atoms with Crippen molar-refractivity contribution < 1.29 is 9.90 Å². The Morgan fingerprint density at radius 3 is 2.76 bits per heavy atom. The first kappa shape index (κ1) is 11.2. The summed E-state index contributed by atoms with van der Waals surface area (Å²) in [5.41, 5.74) is 0.725. The molecule has 0 unspecified atom stereocenters. The molecule has 2 aromatic rings. The highest BCUT2D eigenvalue weighted by molar-refractivity contribution is 6.34. The van der Waals surface area contributed by atoms with Gasteiger partial charge in [0.15, 0.2) is 0 Å². The molecule has 0 aliphatic carbocycles. The Morgan fingerprint density at radius 2 is 2.12 bits per heavy atom. The Hall–Kier alpha value is -2.25. The average molecular weight is 247 g/mol. The van der Waals surface area contributed by atoms with Crippen LogP contribution < -0.4 is 0 Å². The third-order valence-electron chi connectivity index (χ3n) is 2.33. The fraction of sp³-hybridized carbons (Fsp3) is 0. The van der Waals surface area contributed by atoms with E-state index in [1.807, 2.05) is 6.07 Å². The summed E-state index contributed by atoms with van der Waals surface area (Å²) < 4.78 is 1.50. The van der Waals surface area contributed by atoms with Crippen LogP contribution in [0.3, 0.4) is 0 Å². The SMILES string of the molecule is N#Cc1cccn1-c1cccc(Cl)c1C(=O)O. The van der Waals surface area contributed by atoms with Crippen molar-refractivity contribution in [2.24, 2.45) is 0 Å². The highest BCUT2D eigenvalue weighted by Crippen LogP contribution is 2.24. The Bertz CT molecular complexity index is 626. The number of carboxylic acids is 1. The third-order valence-corrected chi connectivity index (χ3v) is 2.64. The van der Waals surface area contributed by atoms with Crippen LogP contribution in [0.15, 0.2) is 36.5 Å². The average Bonchev–Trinajstić information content (AvgIpc) is 2.75. The van der Waals surface area contributed by atoms with Gasteiger partial charge in [0.05, 0.1) is 10.7 Å². The van der Waals surface area contributed by atoms with Gasteiger partial charge in [0.25, 0.3) is 0 Å². The summed E-state index contributed by atoms with van der Waals surface area (Å²) in [6, 6.07) is 10.0. The number of rotatable bonds is 2. The Morgan fingerprint density at radius 1 is 1.35 bits per heavy atom. The van der Waals surface area contributed by atoms with E-state index in [1.54, 1.807) is 30.5 Å². The molecule has 0 spiro atoms. The van der Waals surface area contributed by atoms with Gasteiger partial charge in [-0.1, -0.05) is 17.7 Å². The fourth-order valence-electron chi connectivity index (χ4n) is 1.61. The maximum absolute atomic E-state index is 11.2. The van der Waals surface area contributed by atoms with Gasteiger partial charge < -0.3 is 9.67 Å². The van der Waals surface area contributed by atoms with Crippen molar-refractivity contribution in [1.82, 2.24) is 4.57 Å². The number of hydrogen-bond donors (Lipinski definition) is 1. The quantitative estimate of drug-likeness (QED) is 0.886. The lowest BCUT2D eigenvalue weighted by Crippen LogP contribution is -2.06. The lowest BCUT2D eigenvalue weighted by Gasteiger charge is -2.09. The molecular weight excluding hydrogens is 240 g/mol. The standard InChI is InChI=1S/C12H7ClN2O2/c13-9-4-1-5-10(11(9)12(16)17)15-6-2-3-8(15)7-14/h1-6H,(H,16,17). The molecule has 0 amide bonds. The van der Waals surface area contributed by atoms with E-state index in [9.17, 15) is 4.79 Å². The van der Waals surface area contributed by atoms with Crippen molar-refractivity contribution in [3.63, 3.8) is 0 Å². The molecule has 0 saturated heterocycles. The normalized spacial score (nSPS) is 9.88. The van der Waals surface area contributed by atoms with Gasteiger partial charge in [-0.05, 0) is 24.3 Å². The van der Waals surface area contributed by atoms with Gasteiger partial charge in [-0.2, -0.15) is 5.26 Å². The molecule has 1 N–H and O–H groups in total. The van der Waals surface area contributed by atoms with Gasteiger partial charge in [-0.3, -0.25) is 0 Å². The van der Waals surface area contributed by atoms with Crippen molar-refractivity contribution in [1.29, 1.82) is 5.26 Å². The summed E-state index contributed by atoms with van der Waals surface area (Å²) in [5.74, 6) is -1.12. The van der Waals surface area contributed by atoms with Crippen LogP contribution in [0.4, 0.5) is 0 Å². The van der Waals surface area contributed by atoms with Crippen LogP contribution >= 0.6 is 11.6 Å². The number of halogens is 1. The van der Waals surface area contributed by atoms with Crippen molar-refractivity contribution in [2.75, 3.05) is 0 Å². The first-order valence-corrected chi connectivity index (χ1v) is 5.12. The molecule has 4 nitrogen and oxygen atoms in total. The minimum Gasteiger partial charge on any atom is -0.478 e. The minimum absolute atomic E-state index is 0.0122. The number of benzene rings is 1. The summed E-state index contributed by atoms with van der Waals surface area (Å²) >= 11 is 5.86. The minimum atomic E-state index is -1.12. The molecule has 5 heteroatoms. The van der Waals surface area contributed by atoms with Crippen LogP contribution in [0.25, 0.3) is 5.69 Å². The molecule has 0 aliphatic heterocycles. The van der Waals surface area contributed by atoms with Gasteiger partial charge in [0, 0.05) is 6.20 Å². The number of carboxylic acid groups (broad SMARTS) is 1. The van der Waals surface area contributed by atoms with E-state index in [0.29, 0.717) is 11.4 Å². The predicted octanol–water partition coefficient (Wildman–Crippen LogP) is 2.70. The van der Waals surface area contributed by atoms with E-state index >= 15 is 0 Å². The number of carbonyl (C=O) groups is 1. The van der Waals surface area contributed by atoms with Crippen molar-refractivity contribution >= 4 is 17.6 Å². The summed E-state index contributed by atoms with van der Waals surface area (Å²) in [6.07, 6.45) is 1.62. The van der Waals surface area contributed by atoms with Crippen molar-refractivity contribution in [3.05, 3.63) is 52.8 Å². The second kappa shape index (κ2) is 4.32. The molecular formula is C12H7ClN2O2. The molecule has 1 aromatic heterocycles. The molecule has 2 rings (SSSR count). The lowest BCUT2D eigenvalue weighted by atomic mass is 10.1. The molecule has 0 saturated carbocycles. The van der Waals surface area contributed by atoms with Crippen LogP contribution in [-0.2, 0) is 0 Å². The van der Waals surface area contributed by atoms with E-state index in [1.165, 1.54) is 10.6 Å². The van der Waals surface area contributed by atoms with E-state index in [0.717, 1.165) is 0 Å². The number of nitriles is 1. The predicted molar refractivity (Wildman–Crippen MR) is 62.5 cm³/mol. The molecule has 0 fully saturated rings. The molecule has 0 bridgehead atoms. The summed E-state index contributed by atoms with van der Waals surface area (Å²) in [5, 5.41) is 18.2. The molecule has 84 valence electrons. The topological polar surface area (TPSA) is 66.0 Å². The van der Waals surface area contributed by atoms with E-state index in [4.69, 9.17) is 22.0 Å². The molecule has 1 aromatic carbocycles. The zero-order valence-electron chi connectivity index (χ0n) is 8.59. The second-order valence-corrected chi connectivity index (χ2v) is 3.72. The van der Waals surface area contributed by atoms with Crippen LogP contribution in [0.2, 0.25) is 5.02 Å². The van der Waals surface area contributed by atoms with E-state index < -0.39 is 5.97 Å². The molecule has 17 heavy (non-hydrogen) atoms. The van der Waals surface area contributed by atoms with Crippen LogP contribution in [0.5, 0.6) is 0 Å². The monoisotopic (exact) mass is 246 g/mol. The van der Waals surface area contributed by atoms with Gasteiger partial charge in [-0.15, -0.1) is 0 Å². The first-order valence-electron chi connectivity index (χ1n) is 4.75. The van der Waals surface area contributed by atoms with E-state index in [-0.39, 0.29) is 10.6 Å². The molecule has 0 radical (unpaired) electrons. The van der Waals surface area contributed by atoms with Crippen molar-refractivity contribution in [3.8, 4) is 11.8 Å². The van der Waals surface area contributed by atoms with Gasteiger partial charge >= 0.3 is 5.97 Å². The maximum atomic E-state index is 11.2. The molecule has 0 aliphatic rings. The summed E-state index contributed by atoms with van der Waals surface area (Å²) in [7, 11) is 0. The van der Waals surface area contributed by atoms with Gasteiger partial charge in [0.2, 0.25) is 0 Å². The van der Waals surface area contributed by atoms with Crippen LogP contribution in [0, 0.1) is 11.3 Å². The third kappa shape index (κ3) is 1.88. The van der Waals surface area contributed by atoms with Crippen LogP contribution in [-0.4, -0.2) is 15.6 Å². The number of hydrogen-bond acceptors (Lipinski definition) is 2. The van der Waals surface area contributed by atoms with Crippen LogP contribution in [0.1, 0.15) is 16.1 Å². The van der Waals surface area contributed by atoms with E-state index in [2.05, 4.69) is 0 Å². The number of aromatic nitrogens is 1. The largest absolute Gasteiger partial charge is 0.478 e. The highest BCUT2D eigenvalue weighted by Gasteiger charge is 2.16. The Balaban J connectivity index is 2.73.